The van der Waals surface area contributed by atoms with E-state index in [1.807, 2.05) is 0 Å². The summed E-state index contributed by atoms with van der Waals surface area (Å²) in [5.41, 5.74) is 0.339. The van der Waals surface area contributed by atoms with Crippen molar-refractivity contribution in [2.45, 2.75) is 0 Å². The third-order valence-electron chi connectivity index (χ3n) is 2.97. The molecule has 1 N–H and O–H groups in total. The number of aromatic nitrogens is 1. The Morgan fingerprint density at radius 1 is 1.21 bits per heavy atom. The first-order valence-corrected chi connectivity index (χ1v) is 5.88. The molecule has 1 aliphatic rings. The largest absolute Gasteiger partial charge is 0.506 e. The zero-order valence-electron chi connectivity index (χ0n) is 10.6. The van der Waals surface area contributed by atoms with Gasteiger partial charge in [-0.25, -0.2) is 4.79 Å². The predicted octanol–water partition coefficient (Wildman–Crippen LogP) is 0.311. The van der Waals surface area contributed by atoms with E-state index in [9.17, 15) is 14.7 Å². The molecule has 1 aromatic heterocycles. The topological polar surface area (TPSA) is 83.0 Å². The molecular weight excluding hydrogens is 250 g/mol. The molecule has 1 fully saturated rings. The van der Waals surface area contributed by atoms with Crippen molar-refractivity contribution in [1.82, 2.24) is 14.8 Å². The van der Waals surface area contributed by atoms with Crippen LogP contribution in [-0.2, 0) is 4.74 Å². The number of ether oxygens (including phenoxy) is 1. The molecule has 1 saturated heterocycles. The summed E-state index contributed by atoms with van der Waals surface area (Å²) in [5.74, 6) is -0.244. The molecule has 1 aliphatic heterocycles. The van der Waals surface area contributed by atoms with E-state index in [0.717, 1.165) is 0 Å². The summed E-state index contributed by atoms with van der Waals surface area (Å²) in [7, 11) is 1.33. The third kappa shape index (κ3) is 2.93. The van der Waals surface area contributed by atoms with Gasteiger partial charge in [-0.05, 0) is 6.07 Å². The average molecular weight is 265 g/mol. The maximum atomic E-state index is 12.1. The second-order valence-electron chi connectivity index (χ2n) is 4.18. The van der Waals surface area contributed by atoms with Gasteiger partial charge in [0.05, 0.1) is 18.9 Å². The average Bonchev–Trinajstić information content (AvgIpc) is 2.46. The maximum absolute atomic E-state index is 12.1. The van der Waals surface area contributed by atoms with Gasteiger partial charge in [-0.3, -0.25) is 9.78 Å². The highest BCUT2D eigenvalue weighted by atomic mass is 16.5. The fraction of sp³-hybridized carbons (Fsp3) is 0.417. The van der Waals surface area contributed by atoms with Gasteiger partial charge in [-0.2, -0.15) is 0 Å². The molecule has 2 heterocycles. The number of amides is 2. The number of rotatable bonds is 1. The molecule has 0 radical (unpaired) electrons. The molecule has 2 rings (SSSR count). The Labute approximate surface area is 110 Å². The normalized spacial score (nSPS) is 15.2. The van der Waals surface area contributed by atoms with Crippen molar-refractivity contribution in [3.05, 3.63) is 24.0 Å². The summed E-state index contributed by atoms with van der Waals surface area (Å²) in [6.45, 7) is 1.74. The summed E-state index contributed by atoms with van der Waals surface area (Å²) >= 11 is 0. The van der Waals surface area contributed by atoms with E-state index < -0.39 is 0 Å². The molecule has 7 heteroatoms. The van der Waals surface area contributed by atoms with Crippen molar-refractivity contribution < 1.29 is 19.4 Å². The van der Waals surface area contributed by atoms with Gasteiger partial charge in [0.2, 0.25) is 0 Å². The van der Waals surface area contributed by atoms with Crippen LogP contribution in [0, 0.1) is 0 Å². The summed E-state index contributed by atoms with van der Waals surface area (Å²) in [6, 6.07) is 1.38. The van der Waals surface area contributed by atoms with Crippen molar-refractivity contribution in [3.8, 4) is 5.75 Å². The van der Waals surface area contributed by atoms with Crippen LogP contribution in [0.4, 0.5) is 4.79 Å². The summed E-state index contributed by atoms with van der Waals surface area (Å²) < 4.78 is 4.63. The van der Waals surface area contributed by atoms with E-state index in [0.29, 0.717) is 31.7 Å². The van der Waals surface area contributed by atoms with Crippen LogP contribution < -0.4 is 0 Å². The fourth-order valence-corrected chi connectivity index (χ4v) is 1.95. The second-order valence-corrected chi connectivity index (χ2v) is 4.18. The van der Waals surface area contributed by atoms with Crippen molar-refractivity contribution in [2.75, 3.05) is 33.3 Å². The standard InChI is InChI=1S/C12H15N3O4/c1-19-12(18)15-4-2-14(3-5-15)11(17)9-6-10(16)8-13-7-9/h6-8,16H,2-5H2,1H3. The van der Waals surface area contributed by atoms with Crippen molar-refractivity contribution >= 4 is 12.0 Å². The lowest BCUT2D eigenvalue weighted by Crippen LogP contribution is -2.50. The number of aromatic hydroxyl groups is 1. The summed E-state index contributed by atoms with van der Waals surface area (Å²) in [6.07, 6.45) is 2.30. The first kappa shape index (κ1) is 13.1. The quantitative estimate of drug-likeness (QED) is 0.790. The van der Waals surface area contributed by atoms with Crippen LogP contribution in [0.15, 0.2) is 18.5 Å². The monoisotopic (exact) mass is 265 g/mol. The highest BCUT2D eigenvalue weighted by Gasteiger charge is 2.25. The number of hydrogen-bond acceptors (Lipinski definition) is 5. The SMILES string of the molecule is COC(=O)N1CCN(C(=O)c2cncc(O)c2)CC1. The molecule has 0 aliphatic carbocycles. The lowest BCUT2D eigenvalue weighted by atomic mass is 10.2. The lowest BCUT2D eigenvalue weighted by molar-refractivity contribution is 0.0599. The molecule has 7 nitrogen and oxygen atoms in total. The lowest BCUT2D eigenvalue weighted by Gasteiger charge is -2.33. The van der Waals surface area contributed by atoms with Crippen LogP contribution >= 0.6 is 0 Å². The minimum absolute atomic E-state index is 0.0425. The minimum Gasteiger partial charge on any atom is -0.506 e. The summed E-state index contributed by atoms with van der Waals surface area (Å²) in [5, 5.41) is 9.30. The first-order valence-electron chi connectivity index (χ1n) is 5.88. The van der Waals surface area contributed by atoms with Gasteiger partial charge >= 0.3 is 6.09 Å². The Morgan fingerprint density at radius 3 is 2.42 bits per heavy atom. The molecular formula is C12H15N3O4. The second kappa shape index (κ2) is 5.55. The maximum Gasteiger partial charge on any atom is 0.409 e. The molecule has 102 valence electrons. The van der Waals surface area contributed by atoms with Gasteiger partial charge in [0, 0.05) is 32.4 Å². The molecule has 0 bridgehead atoms. The van der Waals surface area contributed by atoms with E-state index >= 15 is 0 Å². The number of carbonyl (C=O) groups excluding carboxylic acids is 2. The van der Waals surface area contributed by atoms with Crippen LogP contribution in [-0.4, -0.2) is 65.2 Å². The molecule has 0 unspecified atom stereocenters. The Morgan fingerprint density at radius 2 is 1.84 bits per heavy atom. The van der Waals surface area contributed by atoms with E-state index in [1.54, 1.807) is 9.80 Å². The van der Waals surface area contributed by atoms with Crippen LogP contribution in [0.1, 0.15) is 10.4 Å². The molecule has 0 atom stereocenters. The van der Waals surface area contributed by atoms with Gasteiger partial charge in [0.1, 0.15) is 5.75 Å². The molecule has 19 heavy (non-hydrogen) atoms. The van der Waals surface area contributed by atoms with Gasteiger partial charge in [0.15, 0.2) is 0 Å². The Balaban J connectivity index is 1.98. The highest BCUT2D eigenvalue weighted by molar-refractivity contribution is 5.94. The Hall–Kier alpha value is -2.31. The Kier molecular flexibility index (Phi) is 3.84. The number of hydrogen-bond donors (Lipinski definition) is 1. The number of nitrogens with zero attached hydrogens (tertiary/aromatic N) is 3. The summed E-state index contributed by atoms with van der Waals surface area (Å²) in [4.78, 5) is 30.4. The van der Waals surface area contributed by atoms with Crippen molar-refractivity contribution in [2.24, 2.45) is 0 Å². The van der Waals surface area contributed by atoms with Gasteiger partial charge in [-0.1, -0.05) is 0 Å². The number of piperazine rings is 1. The Bertz CT molecular complexity index is 484. The number of methoxy groups -OCH3 is 1. The molecule has 0 aromatic carbocycles. The van der Waals surface area contributed by atoms with Crippen molar-refractivity contribution in [1.29, 1.82) is 0 Å². The van der Waals surface area contributed by atoms with Crippen LogP contribution in [0.25, 0.3) is 0 Å². The fourth-order valence-electron chi connectivity index (χ4n) is 1.95. The van der Waals surface area contributed by atoms with Crippen LogP contribution in [0.2, 0.25) is 0 Å². The van der Waals surface area contributed by atoms with E-state index in [1.165, 1.54) is 25.6 Å². The minimum atomic E-state index is -0.383. The molecule has 2 amide bonds. The number of carbonyl (C=O) groups is 2. The molecule has 0 saturated carbocycles. The highest BCUT2D eigenvalue weighted by Crippen LogP contribution is 2.13. The zero-order chi connectivity index (χ0) is 13.8. The number of pyridine rings is 1. The van der Waals surface area contributed by atoms with Gasteiger partial charge in [0.25, 0.3) is 5.91 Å². The smallest absolute Gasteiger partial charge is 0.409 e. The molecule has 1 aromatic rings. The van der Waals surface area contributed by atoms with Crippen LogP contribution in [0.3, 0.4) is 0 Å². The van der Waals surface area contributed by atoms with Gasteiger partial charge in [-0.15, -0.1) is 0 Å². The third-order valence-corrected chi connectivity index (χ3v) is 2.97. The van der Waals surface area contributed by atoms with Gasteiger partial charge < -0.3 is 19.6 Å². The van der Waals surface area contributed by atoms with E-state index in [-0.39, 0.29) is 17.7 Å². The zero-order valence-corrected chi connectivity index (χ0v) is 10.6. The molecule has 0 spiro atoms. The van der Waals surface area contributed by atoms with Crippen LogP contribution in [0.5, 0.6) is 5.75 Å². The van der Waals surface area contributed by atoms with Crippen molar-refractivity contribution in [3.63, 3.8) is 0 Å². The van der Waals surface area contributed by atoms with E-state index in [2.05, 4.69) is 9.72 Å². The van der Waals surface area contributed by atoms with E-state index in [4.69, 9.17) is 0 Å². The first-order chi connectivity index (χ1) is 9.11. The predicted molar refractivity (Wildman–Crippen MR) is 65.8 cm³/mol.